The molecule has 0 saturated carbocycles. The molecule has 2 rings (SSSR count). The minimum absolute atomic E-state index is 0.276. The van der Waals surface area contributed by atoms with Crippen molar-refractivity contribution in [2.45, 2.75) is 19.9 Å². The molecule has 1 aliphatic heterocycles. The number of hydrogen-bond donors (Lipinski definition) is 1. The Kier molecular flexibility index (Phi) is 3.08. The quantitative estimate of drug-likeness (QED) is 0.841. The number of thioether (sulfide) groups is 1. The Morgan fingerprint density at radius 1 is 1.57 bits per heavy atom. The van der Waals surface area contributed by atoms with E-state index in [2.05, 4.69) is 27.6 Å². The number of rotatable bonds is 2. The van der Waals surface area contributed by atoms with Crippen LogP contribution in [0.15, 0.2) is 10.4 Å². The molecule has 1 aliphatic rings. The molecule has 76 valence electrons. The lowest BCUT2D eigenvalue weighted by Gasteiger charge is -2.11. The average Bonchev–Trinajstić information content (AvgIpc) is 2.75. The number of aryl methyl sites for hydroxylation is 1. The van der Waals surface area contributed by atoms with Crippen LogP contribution in [0.5, 0.6) is 0 Å². The third-order valence-electron chi connectivity index (χ3n) is 1.93. The van der Waals surface area contributed by atoms with E-state index in [0.29, 0.717) is 0 Å². The molecule has 3 nitrogen and oxygen atoms in total. The maximum Gasteiger partial charge on any atom is 0.157 e. The van der Waals surface area contributed by atoms with Crippen LogP contribution < -0.4 is 5.32 Å². The summed E-state index contributed by atoms with van der Waals surface area (Å²) in [4.78, 5) is 8.80. The van der Waals surface area contributed by atoms with Crippen LogP contribution in [0, 0.1) is 6.92 Å². The Labute approximate surface area is 92.0 Å². The van der Waals surface area contributed by atoms with Crippen molar-refractivity contribution in [2.75, 3.05) is 12.3 Å². The first-order valence-electron chi connectivity index (χ1n) is 4.61. The molecule has 0 aliphatic carbocycles. The Balaban J connectivity index is 1.98. The van der Waals surface area contributed by atoms with E-state index in [-0.39, 0.29) is 6.04 Å². The fourth-order valence-electron chi connectivity index (χ4n) is 1.24. The molecule has 5 heteroatoms. The number of aliphatic imine (C=N–C) groups is 1. The van der Waals surface area contributed by atoms with Crippen LogP contribution in [0.3, 0.4) is 0 Å². The summed E-state index contributed by atoms with van der Waals surface area (Å²) in [7, 11) is 0. The van der Waals surface area contributed by atoms with Gasteiger partial charge in [0.1, 0.15) is 5.01 Å². The van der Waals surface area contributed by atoms with Gasteiger partial charge in [-0.05, 0) is 13.8 Å². The molecule has 1 unspecified atom stereocenters. The number of nitrogens with one attached hydrogen (secondary N) is 1. The van der Waals surface area contributed by atoms with Crippen LogP contribution in [0.4, 0.5) is 0 Å². The van der Waals surface area contributed by atoms with E-state index in [4.69, 9.17) is 0 Å². The maximum atomic E-state index is 4.44. The van der Waals surface area contributed by atoms with Crippen LogP contribution in [-0.4, -0.2) is 22.4 Å². The predicted molar refractivity (Wildman–Crippen MR) is 63.2 cm³/mol. The average molecular weight is 227 g/mol. The first-order chi connectivity index (χ1) is 6.75. The molecule has 0 radical (unpaired) electrons. The van der Waals surface area contributed by atoms with Gasteiger partial charge in [0, 0.05) is 16.8 Å². The zero-order valence-corrected chi connectivity index (χ0v) is 9.91. The van der Waals surface area contributed by atoms with Gasteiger partial charge in [0.05, 0.1) is 12.6 Å². The van der Waals surface area contributed by atoms with E-state index >= 15 is 0 Å². The zero-order chi connectivity index (χ0) is 9.97. The molecule has 2 heterocycles. The number of aromatic nitrogens is 1. The summed E-state index contributed by atoms with van der Waals surface area (Å²) in [6, 6.07) is 0.276. The Morgan fingerprint density at radius 3 is 3.00 bits per heavy atom. The van der Waals surface area contributed by atoms with Gasteiger partial charge in [-0.2, -0.15) is 0 Å². The van der Waals surface area contributed by atoms with Crippen molar-refractivity contribution in [1.29, 1.82) is 0 Å². The van der Waals surface area contributed by atoms with Gasteiger partial charge in [0.15, 0.2) is 5.17 Å². The largest absolute Gasteiger partial charge is 0.356 e. The second kappa shape index (κ2) is 4.31. The Morgan fingerprint density at radius 2 is 2.43 bits per heavy atom. The lowest BCUT2D eigenvalue weighted by molar-refractivity contribution is 0.714. The summed E-state index contributed by atoms with van der Waals surface area (Å²) < 4.78 is 0. The second-order valence-corrected chi connectivity index (χ2v) is 5.20. The lowest BCUT2D eigenvalue weighted by atomic mass is 10.4. The van der Waals surface area contributed by atoms with Gasteiger partial charge in [-0.25, -0.2) is 4.98 Å². The summed E-state index contributed by atoms with van der Waals surface area (Å²) in [5.74, 6) is 1.10. The van der Waals surface area contributed by atoms with Crippen molar-refractivity contribution in [3.8, 4) is 0 Å². The lowest BCUT2D eigenvalue weighted by Crippen LogP contribution is -2.22. The SMILES string of the molecule is Cc1csc(C(C)NC2=NCCS2)n1. The molecule has 14 heavy (non-hydrogen) atoms. The molecule has 0 aromatic carbocycles. The molecule has 0 bridgehead atoms. The van der Waals surface area contributed by atoms with Crippen molar-refractivity contribution in [2.24, 2.45) is 4.99 Å². The number of nitrogens with zero attached hydrogens (tertiary/aromatic N) is 2. The van der Waals surface area contributed by atoms with E-state index in [1.54, 1.807) is 23.1 Å². The highest BCUT2D eigenvalue weighted by molar-refractivity contribution is 8.14. The molecule has 1 aromatic rings. The van der Waals surface area contributed by atoms with Crippen molar-refractivity contribution in [3.05, 3.63) is 16.1 Å². The van der Waals surface area contributed by atoms with Gasteiger partial charge in [-0.3, -0.25) is 4.99 Å². The van der Waals surface area contributed by atoms with Gasteiger partial charge >= 0.3 is 0 Å². The van der Waals surface area contributed by atoms with Crippen molar-refractivity contribution in [3.63, 3.8) is 0 Å². The van der Waals surface area contributed by atoms with Crippen LogP contribution in [0.2, 0.25) is 0 Å². The van der Waals surface area contributed by atoms with E-state index in [0.717, 1.165) is 28.2 Å². The first-order valence-corrected chi connectivity index (χ1v) is 6.48. The van der Waals surface area contributed by atoms with E-state index in [1.165, 1.54) is 0 Å². The van der Waals surface area contributed by atoms with Gasteiger partial charge in [-0.15, -0.1) is 11.3 Å². The normalized spacial score (nSPS) is 18.0. The molecule has 1 atom stereocenters. The van der Waals surface area contributed by atoms with Crippen LogP contribution in [0.1, 0.15) is 23.7 Å². The third kappa shape index (κ3) is 2.27. The highest BCUT2D eigenvalue weighted by Crippen LogP contribution is 2.19. The maximum absolute atomic E-state index is 4.44. The minimum atomic E-state index is 0.276. The zero-order valence-electron chi connectivity index (χ0n) is 8.28. The Hall–Kier alpha value is -0.550. The van der Waals surface area contributed by atoms with Crippen molar-refractivity contribution in [1.82, 2.24) is 10.3 Å². The first kappa shape index (κ1) is 9.98. The number of amidine groups is 1. The van der Waals surface area contributed by atoms with Crippen molar-refractivity contribution >= 4 is 28.3 Å². The van der Waals surface area contributed by atoms with Crippen LogP contribution in [0.25, 0.3) is 0 Å². The van der Waals surface area contributed by atoms with E-state index < -0.39 is 0 Å². The molecular formula is C9H13N3S2. The fraction of sp³-hybridized carbons (Fsp3) is 0.556. The van der Waals surface area contributed by atoms with E-state index in [1.807, 2.05) is 6.92 Å². The second-order valence-electron chi connectivity index (χ2n) is 3.23. The molecule has 0 spiro atoms. The topological polar surface area (TPSA) is 37.3 Å². The fourth-order valence-corrected chi connectivity index (χ4v) is 2.86. The summed E-state index contributed by atoms with van der Waals surface area (Å²) in [5.41, 5.74) is 1.10. The van der Waals surface area contributed by atoms with Gasteiger partial charge < -0.3 is 5.32 Å². The highest BCUT2D eigenvalue weighted by Gasteiger charge is 2.13. The van der Waals surface area contributed by atoms with Gasteiger partial charge in [0.25, 0.3) is 0 Å². The van der Waals surface area contributed by atoms with Gasteiger partial charge in [-0.1, -0.05) is 11.8 Å². The molecule has 0 fully saturated rings. The van der Waals surface area contributed by atoms with E-state index in [9.17, 15) is 0 Å². The Bertz CT molecular complexity index is 346. The van der Waals surface area contributed by atoms with Crippen LogP contribution >= 0.6 is 23.1 Å². The number of thiazole rings is 1. The van der Waals surface area contributed by atoms with Gasteiger partial charge in [0.2, 0.25) is 0 Å². The molecule has 0 amide bonds. The molecule has 1 aromatic heterocycles. The molecule has 0 saturated heterocycles. The summed E-state index contributed by atoms with van der Waals surface area (Å²) >= 11 is 3.49. The predicted octanol–water partition coefficient (Wildman–Crippen LogP) is 2.20. The summed E-state index contributed by atoms with van der Waals surface area (Å²) in [6.07, 6.45) is 0. The summed E-state index contributed by atoms with van der Waals surface area (Å²) in [6.45, 7) is 5.09. The molecule has 1 N–H and O–H groups in total. The smallest absolute Gasteiger partial charge is 0.157 e. The number of hydrogen-bond acceptors (Lipinski definition) is 5. The monoisotopic (exact) mass is 227 g/mol. The van der Waals surface area contributed by atoms with Crippen LogP contribution in [-0.2, 0) is 0 Å². The summed E-state index contributed by atoms with van der Waals surface area (Å²) in [5, 5.41) is 7.65. The minimum Gasteiger partial charge on any atom is -0.356 e. The standard InChI is InChI=1S/C9H13N3S2/c1-6-5-14-8(11-6)7(2)12-9-10-3-4-13-9/h5,7H,3-4H2,1-2H3,(H,10,12). The van der Waals surface area contributed by atoms with Crippen molar-refractivity contribution < 1.29 is 0 Å². The highest BCUT2D eigenvalue weighted by atomic mass is 32.2. The third-order valence-corrected chi connectivity index (χ3v) is 3.99. The molecular weight excluding hydrogens is 214 g/mol.